The summed E-state index contributed by atoms with van der Waals surface area (Å²) in [4.78, 5) is 32.8. The number of nitro benzene ring substituents is 1. The number of nitrogens with zero attached hydrogens (tertiary/aromatic N) is 4. The van der Waals surface area contributed by atoms with E-state index in [9.17, 15) is 14.9 Å². The first-order chi connectivity index (χ1) is 15.4. The van der Waals surface area contributed by atoms with Gasteiger partial charge >= 0.3 is 0 Å². The van der Waals surface area contributed by atoms with E-state index < -0.39 is 4.92 Å². The molecular formula is C23H26N4O4S. The fourth-order valence-corrected chi connectivity index (χ4v) is 4.96. The third-order valence-electron chi connectivity index (χ3n) is 5.57. The van der Waals surface area contributed by atoms with Gasteiger partial charge in [0.05, 0.1) is 28.4 Å². The quantitative estimate of drug-likeness (QED) is 0.393. The number of non-ortho nitro benzene ring substituents is 1. The van der Waals surface area contributed by atoms with E-state index in [-0.39, 0.29) is 11.6 Å². The lowest BCUT2D eigenvalue weighted by atomic mass is 10.1. The van der Waals surface area contributed by atoms with E-state index in [0.29, 0.717) is 17.2 Å². The number of hydrogen-bond donors (Lipinski definition) is 0. The van der Waals surface area contributed by atoms with Gasteiger partial charge in [0.1, 0.15) is 0 Å². The Morgan fingerprint density at radius 2 is 1.94 bits per heavy atom. The van der Waals surface area contributed by atoms with Gasteiger partial charge in [0.2, 0.25) is 0 Å². The Kier molecular flexibility index (Phi) is 6.78. The molecule has 1 saturated heterocycles. The largest absolute Gasteiger partial charge is 0.379 e. The van der Waals surface area contributed by atoms with E-state index in [2.05, 4.69) is 17.9 Å². The first-order valence-electron chi connectivity index (χ1n) is 10.7. The second-order valence-corrected chi connectivity index (χ2v) is 8.97. The third-order valence-corrected chi connectivity index (χ3v) is 6.80. The van der Waals surface area contributed by atoms with Gasteiger partial charge in [-0.05, 0) is 49.6 Å². The summed E-state index contributed by atoms with van der Waals surface area (Å²) in [5, 5.41) is 11.6. The molecule has 1 aliphatic rings. The highest BCUT2D eigenvalue weighted by Gasteiger charge is 2.23. The Bertz CT molecular complexity index is 1120. The standard InChI is InChI=1S/C23H26N4O4S/c1-16-14-17(2)21-20(15-16)24-23(32-21)26(9-3-8-25-10-12-31-13-11-25)22(28)18-4-6-19(7-5-18)27(29)30/h4-7,14-15H,3,8-13H2,1-2H3. The predicted molar refractivity (Wildman–Crippen MR) is 126 cm³/mol. The number of morpholine rings is 1. The van der Waals surface area contributed by atoms with Gasteiger partial charge in [-0.15, -0.1) is 0 Å². The van der Waals surface area contributed by atoms with Crippen molar-refractivity contribution in [1.29, 1.82) is 0 Å². The summed E-state index contributed by atoms with van der Waals surface area (Å²) in [6, 6.07) is 9.90. The summed E-state index contributed by atoms with van der Waals surface area (Å²) < 4.78 is 6.48. The molecule has 0 aliphatic carbocycles. The summed E-state index contributed by atoms with van der Waals surface area (Å²) in [6.07, 6.45) is 0.798. The monoisotopic (exact) mass is 454 g/mol. The van der Waals surface area contributed by atoms with Crippen LogP contribution in [0.1, 0.15) is 27.9 Å². The number of carbonyl (C=O) groups excluding carboxylic acids is 1. The van der Waals surface area contributed by atoms with E-state index in [1.807, 2.05) is 13.0 Å². The van der Waals surface area contributed by atoms with Crippen molar-refractivity contribution < 1.29 is 14.5 Å². The van der Waals surface area contributed by atoms with Crippen LogP contribution in [-0.2, 0) is 4.74 Å². The van der Waals surface area contributed by atoms with E-state index in [4.69, 9.17) is 9.72 Å². The molecule has 1 aliphatic heterocycles. The van der Waals surface area contributed by atoms with Crippen molar-refractivity contribution in [1.82, 2.24) is 9.88 Å². The van der Waals surface area contributed by atoms with Gasteiger partial charge in [-0.25, -0.2) is 4.98 Å². The van der Waals surface area contributed by atoms with Gasteiger partial charge in [-0.2, -0.15) is 0 Å². The second kappa shape index (κ2) is 9.72. The average Bonchev–Trinajstić information content (AvgIpc) is 3.21. The van der Waals surface area contributed by atoms with Crippen LogP contribution in [0.5, 0.6) is 0 Å². The second-order valence-electron chi connectivity index (χ2n) is 7.99. The van der Waals surface area contributed by atoms with E-state index in [0.717, 1.165) is 60.6 Å². The number of amides is 1. The molecule has 2 aromatic carbocycles. The summed E-state index contributed by atoms with van der Waals surface area (Å²) in [7, 11) is 0. The van der Waals surface area contributed by atoms with Crippen molar-refractivity contribution >= 4 is 38.3 Å². The average molecular weight is 455 g/mol. The lowest BCUT2D eigenvalue weighted by Gasteiger charge is -2.27. The zero-order valence-corrected chi connectivity index (χ0v) is 19.1. The highest BCUT2D eigenvalue weighted by atomic mass is 32.1. The summed E-state index contributed by atoms with van der Waals surface area (Å²) in [5.41, 5.74) is 3.53. The molecular weight excluding hydrogens is 428 g/mol. The molecule has 168 valence electrons. The van der Waals surface area contributed by atoms with Gasteiger partial charge in [-0.3, -0.25) is 24.7 Å². The Hall–Kier alpha value is -2.88. The fraction of sp³-hybridized carbons (Fsp3) is 0.391. The molecule has 0 atom stereocenters. The van der Waals surface area contributed by atoms with Crippen molar-refractivity contribution in [3.8, 4) is 0 Å². The maximum Gasteiger partial charge on any atom is 0.269 e. The van der Waals surface area contributed by atoms with Crippen molar-refractivity contribution in [3.05, 3.63) is 63.2 Å². The van der Waals surface area contributed by atoms with Gasteiger partial charge in [0, 0.05) is 43.9 Å². The van der Waals surface area contributed by atoms with Crippen LogP contribution in [0.3, 0.4) is 0 Å². The number of ether oxygens (including phenoxy) is 1. The third kappa shape index (κ3) is 4.95. The molecule has 0 radical (unpaired) electrons. The molecule has 0 unspecified atom stereocenters. The smallest absolute Gasteiger partial charge is 0.269 e. The summed E-state index contributed by atoms with van der Waals surface area (Å²) in [6.45, 7) is 8.75. The number of aromatic nitrogens is 1. The lowest BCUT2D eigenvalue weighted by Crippen LogP contribution is -2.39. The highest BCUT2D eigenvalue weighted by Crippen LogP contribution is 2.33. The van der Waals surface area contributed by atoms with Crippen LogP contribution in [0.4, 0.5) is 10.8 Å². The topological polar surface area (TPSA) is 88.8 Å². The van der Waals surface area contributed by atoms with Crippen LogP contribution in [-0.4, -0.2) is 60.1 Å². The predicted octanol–water partition coefficient (Wildman–Crippen LogP) is 4.19. The van der Waals surface area contributed by atoms with Crippen LogP contribution in [0, 0.1) is 24.0 Å². The van der Waals surface area contributed by atoms with Gasteiger partial charge in [0.15, 0.2) is 5.13 Å². The van der Waals surface area contributed by atoms with Crippen LogP contribution in [0.2, 0.25) is 0 Å². The van der Waals surface area contributed by atoms with Crippen molar-refractivity contribution in [3.63, 3.8) is 0 Å². The first kappa shape index (κ1) is 22.3. The van der Waals surface area contributed by atoms with E-state index >= 15 is 0 Å². The summed E-state index contributed by atoms with van der Waals surface area (Å²) >= 11 is 1.51. The van der Waals surface area contributed by atoms with Crippen LogP contribution in [0.15, 0.2) is 36.4 Å². The Labute approximate surface area is 190 Å². The highest BCUT2D eigenvalue weighted by molar-refractivity contribution is 7.22. The number of fused-ring (bicyclic) bond motifs is 1. The Morgan fingerprint density at radius 1 is 1.22 bits per heavy atom. The number of aryl methyl sites for hydroxylation is 2. The fourth-order valence-electron chi connectivity index (χ4n) is 3.92. The normalized spacial score (nSPS) is 14.6. The molecule has 8 nitrogen and oxygen atoms in total. The molecule has 0 spiro atoms. The molecule has 0 N–H and O–H groups in total. The minimum atomic E-state index is -0.465. The van der Waals surface area contributed by atoms with Gasteiger partial charge in [0.25, 0.3) is 11.6 Å². The minimum absolute atomic E-state index is 0.0356. The molecule has 1 amide bonds. The SMILES string of the molecule is Cc1cc(C)c2sc(N(CCCN3CCOCC3)C(=O)c3ccc([N+](=O)[O-])cc3)nc2c1. The Morgan fingerprint density at radius 3 is 2.62 bits per heavy atom. The number of benzene rings is 2. The van der Waals surface area contributed by atoms with Crippen molar-refractivity contribution in [2.75, 3.05) is 44.3 Å². The molecule has 9 heteroatoms. The van der Waals surface area contributed by atoms with Crippen LogP contribution in [0.25, 0.3) is 10.2 Å². The molecule has 4 rings (SSSR count). The van der Waals surface area contributed by atoms with E-state index in [1.54, 1.807) is 4.90 Å². The number of carbonyl (C=O) groups is 1. The number of thiazole rings is 1. The minimum Gasteiger partial charge on any atom is -0.379 e. The molecule has 32 heavy (non-hydrogen) atoms. The zero-order chi connectivity index (χ0) is 22.7. The van der Waals surface area contributed by atoms with Gasteiger partial charge in [-0.1, -0.05) is 17.4 Å². The zero-order valence-electron chi connectivity index (χ0n) is 18.2. The molecule has 2 heterocycles. The number of rotatable bonds is 7. The van der Waals surface area contributed by atoms with Crippen molar-refractivity contribution in [2.45, 2.75) is 20.3 Å². The maximum atomic E-state index is 13.4. The number of anilines is 1. The maximum absolute atomic E-state index is 13.4. The van der Waals surface area contributed by atoms with Gasteiger partial charge < -0.3 is 4.74 Å². The number of nitro groups is 1. The molecule has 1 fully saturated rings. The molecule has 1 aromatic heterocycles. The first-order valence-corrected chi connectivity index (χ1v) is 11.5. The van der Waals surface area contributed by atoms with Crippen LogP contribution >= 0.6 is 11.3 Å². The Balaban J connectivity index is 1.60. The molecule has 0 bridgehead atoms. The summed E-state index contributed by atoms with van der Waals surface area (Å²) in [5.74, 6) is -0.199. The molecule has 0 saturated carbocycles. The lowest BCUT2D eigenvalue weighted by molar-refractivity contribution is -0.384. The van der Waals surface area contributed by atoms with E-state index in [1.165, 1.54) is 35.6 Å². The van der Waals surface area contributed by atoms with Crippen LogP contribution < -0.4 is 4.90 Å². The molecule has 3 aromatic rings. The van der Waals surface area contributed by atoms with Crippen molar-refractivity contribution in [2.24, 2.45) is 0 Å². The number of hydrogen-bond acceptors (Lipinski definition) is 7.